The lowest BCUT2D eigenvalue weighted by Gasteiger charge is -2.07. The molecule has 0 heterocycles. The first-order valence-corrected chi connectivity index (χ1v) is 16.0. The molecule has 0 amide bonds. The first-order valence-electron chi connectivity index (χ1n) is 16.0. The van der Waals surface area contributed by atoms with Crippen LogP contribution < -0.4 is 20.9 Å². The van der Waals surface area contributed by atoms with Gasteiger partial charge in [0.15, 0.2) is 0 Å². The zero-order valence-electron chi connectivity index (χ0n) is 26.1. The summed E-state index contributed by atoms with van der Waals surface area (Å²) in [5.41, 5.74) is 14.9. The second kappa shape index (κ2) is 19.8. The normalized spacial score (nSPS) is 11.0. The number of hydrogen-bond acceptors (Lipinski definition) is 7. The van der Waals surface area contributed by atoms with Gasteiger partial charge >= 0.3 is 11.9 Å². The van der Waals surface area contributed by atoms with E-state index in [4.69, 9.17) is 25.7 Å². The molecule has 3 aromatic rings. The van der Waals surface area contributed by atoms with Crippen molar-refractivity contribution in [3.05, 3.63) is 89.5 Å². The number of carbonyl (C=O) groups is 2. The van der Waals surface area contributed by atoms with E-state index in [1.807, 2.05) is 48.5 Å². The lowest BCUT2D eigenvalue weighted by Crippen LogP contribution is -2.07. The van der Waals surface area contributed by atoms with E-state index >= 15 is 0 Å². The summed E-state index contributed by atoms with van der Waals surface area (Å²) < 4.78 is 16.6. The number of nitrogens with two attached hydrogens (primary N) is 2. The van der Waals surface area contributed by atoms with Gasteiger partial charge in [-0.3, -0.25) is 0 Å². The van der Waals surface area contributed by atoms with Crippen molar-refractivity contribution in [2.75, 3.05) is 24.7 Å². The number of unbranched alkanes of at least 4 members (excludes halogenated alkanes) is 9. The number of ether oxygens (including phenoxy) is 3. The third-order valence-electron chi connectivity index (χ3n) is 7.26. The highest BCUT2D eigenvalue weighted by molar-refractivity contribution is 5.91. The van der Waals surface area contributed by atoms with Gasteiger partial charge in [-0.05, 0) is 85.4 Å². The van der Waals surface area contributed by atoms with Crippen LogP contribution in [0.1, 0.15) is 99.0 Å². The molecule has 0 aliphatic carbocycles. The molecule has 3 rings (SSSR count). The lowest BCUT2D eigenvalue weighted by atomic mass is 10.1. The van der Waals surface area contributed by atoms with Gasteiger partial charge in [0.05, 0.1) is 18.8 Å². The van der Waals surface area contributed by atoms with Crippen LogP contribution in [-0.4, -0.2) is 25.2 Å². The van der Waals surface area contributed by atoms with Gasteiger partial charge in [-0.15, -0.1) is 0 Å². The smallest absolute Gasteiger partial charge is 0.338 e. The zero-order valence-corrected chi connectivity index (χ0v) is 26.1. The molecule has 0 saturated heterocycles. The molecule has 0 aliphatic rings. The van der Waals surface area contributed by atoms with Crippen molar-refractivity contribution in [3.8, 4) is 11.5 Å². The van der Waals surface area contributed by atoms with Crippen LogP contribution in [0.4, 0.5) is 11.4 Å². The Kier molecular flexibility index (Phi) is 15.4. The summed E-state index contributed by atoms with van der Waals surface area (Å²) in [4.78, 5) is 24.3. The van der Waals surface area contributed by atoms with Crippen molar-refractivity contribution in [1.29, 1.82) is 0 Å². The van der Waals surface area contributed by atoms with Gasteiger partial charge in [0.25, 0.3) is 0 Å². The first kappa shape index (κ1) is 34.2. The number of carbonyl (C=O) groups excluding carboxylic acids is 2. The van der Waals surface area contributed by atoms with Gasteiger partial charge in [0, 0.05) is 17.5 Å². The first-order chi connectivity index (χ1) is 21.4. The third-order valence-corrected chi connectivity index (χ3v) is 7.26. The van der Waals surface area contributed by atoms with Crippen molar-refractivity contribution in [2.24, 2.45) is 0 Å². The summed E-state index contributed by atoms with van der Waals surface area (Å²) in [7, 11) is 0. The fourth-order valence-corrected chi connectivity index (χ4v) is 4.77. The van der Waals surface area contributed by atoms with Crippen molar-refractivity contribution < 1.29 is 23.8 Å². The monoisotopic (exact) mass is 600 g/mol. The number of anilines is 2. The highest BCUT2D eigenvalue weighted by atomic mass is 16.5. The molecule has 0 spiro atoms. The zero-order chi connectivity index (χ0) is 31.4. The standard InChI is InChI=1S/C37H48N2O5/c1-2-3-13-29-16-21-35(22-17-29)44-36(40)23-18-30-14-19-34(20-15-30)42-24-11-9-7-5-4-6-8-10-12-25-43-37(41)31-26-32(38)28-33(39)27-31/h14-23,26-28H,2-13,24-25,38-39H2,1H3. The highest BCUT2D eigenvalue weighted by Gasteiger charge is 2.08. The summed E-state index contributed by atoms with van der Waals surface area (Å²) in [5, 5.41) is 0. The average Bonchev–Trinajstić information content (AvgIpc) is 3.02. The summed E-state index contributed by atoms with van der Waals surface area (Å²) in [5.74, 6) is 0.609. The van der Waals surface area contributed by atoms with Crippen molar-refractivity contribution >= 4 is 29.4 Å². The van der Waals surface area contributed by atoms with Crippen LogP contribution in [0.3, 0.4) is 0 Å². The summed E-state index contributed by atoms with van der Waals surface area (Å²) in [6, 6.07) is 20.2. The number of aryl methyl sites for hydroxylation is 1. The predicted octanol–water partition coefficient (Wildman–Crippen LogP) is 8.56. The predicted molar refractivity (Wildman–Crippen MR) is 179 cm³/mol. The van der Waals surface area contributed by atoms with Crippen molar-refractivity contribution in [3.63, 3.8) is 0 Å². The van der Waals surface area contributed by atoms with E-state index in [0.29, 0.717) is 35.9 Å². The molecule has 4 N–H and O–H groups in total. The molecule has 44 heavy (non-hydrogen) atoms. The van der Waals surface area contributed by atoms with Crippen LogP contribution in [0.15, 0.2) is 72.8 Å². The molecule has 0 radical (unpaired) electrons. The molecule has 3 aromatic carbocycles. The Morgan fingerprint density at radius 2 is 1.25 bits per heavy atom. The fourth-order valence-electron chi connectivity index (χ4n) is 4.77. The van der Waals surface area contributed by atoms with Gasteiger partial charge in [-0.25, -0.2) is 9.59 Å². The number of esters is 2. The Hall–Kier alpha value is -4.26. The summed E-state index contributed by atoms with van der Waals surface area (Å²) >= 11 is 0. The molecule has 0 aromatic heterocycles. The maximum atomic E-state index is 12.2. The van der Waals surface area contributed by atoms with Crippen molar-refractivity contribution in [1.82, 2.24) is 0 Å². The molecule has 0 bridgehead atoms. The molecule has 0 unspecified atom stereocenters. The second-order valence-corrected chi connectivity index (χ2v) is 11.1. The van der Waals surface area contributed by atoms with Gasteiger partial charge in [-0.1, -0.05) is 82.6 Å². The number of benzene rings is 3. The number of rotatable bonds is 20. The molecule has 0 fully saturated rings. The lowest BCUT2D eigenvalue weighted by molar-refractivity contribution is -0.128. The van der Waals surface area contributed by atoms with Crippen LogP contribution in [0, 0.1) is 0 Å². The third kappa shape index (κ3) is 13.8. The maximum Gasteiger partial charge on any atom is 0.338 e. The van der Waals surface area contributed by atoms with E-state index in [0.717, 1.165) is 62.7 Å². The highest BCUT2D eigenvalue weighted by Crippen LogP contribution is 2.18. The van der Waals surface area contributed by atoms with Gasteiger partial charge < -0.3 is 25.7 Å². The molecule has 0 saturated carbocycles. The average molecular weight is 601 g/mol. The van der Waals surface area contributed by atoms with E-state index in [2.05, 4.69) is 6.92 Å². The maximum absolute atomic E-state index is 12.2. The van der Waals surface area contributed by atoms with Gasteiger partial charge in [-0.2, -0.15) is 0 Å². The minimum Gasteiger partial charge on any atom is -0.494 e. The van der Waals surface area contributed by atoms with Crippen LogP contribution in [-0.2, 0) is 16.0 Å². The topological polar surface area (TPSA) is 114 Å². The molecule has 0 atom stereocenters. The van der Waals surface area contributed by atoms with Crippen LogP contribution in [0.25, 0.3) is 6.08 Å². The molecule has 7 nitrogen and oxygen atoms in total. The minimum absolute atomic E-state index is 0.378. The fraction of sp³-hybridized carbons (Fsp3) is 0.405. The molecule has 0 aliphatic heterocycles. The molecular formula is C37H48N2O5. The number of hydrogen-bond donors (Lipinski definition) is 2. The second-order valence-electron chi connectivity index (χ2n) is 11.1. The van der Waals surface area contributed by atoms with Crippen molar-refractivity contribution in [2.45, 2.75) is 84.0 Å². The van der Waals surface area contributed by atoms with Crippen LogP contribution >= 0.6 is 0 Å². The largest absolute Gasteiger partial charge is 0.494 e. The molecule has 7 heteroatoms. The van der Waals surface area contributed by atoms with Crippen LogP contribution in [0.2, 0.25) is 0 Å². The van der Waals surface area contributed by atoms with E-state index in [1.54, 1.807) is 24.3 Å². The SMILES string of the molecule is CCCCc1ccc(OC(=O)C=Cc2ccc(OCCCCCCCCCCCOC(=O)c3cc(N)cc(N)c3)cc2)cc1. The molecular weight excluding hydrogens is 552 g/mol. The quantitative estimate of drug-likeness (QED) is 0.0439. The van der Waals surface area contributed by atoms with Gasteiger partial charge in [0.1, 0.15) is 11.5 Å². The molecule has 236 valence electrons. The Balaban J connectivity index is 1.16. The van der Waals surface area contributed by atoms with E-state index in [9.17, 15) is 9.59 Å². The van der Waals surface area contributed by atoms with Crippen LogP contribution in [0.5, 0.6) is 11.5 Å². The van der Waals surface area contributed by atoms with E-state index < -0.39 is 5.97 Å². The van der Waals surface area contributed by atoms with E-state index in [-0.39, 0.29) is 5.97 Å². The number of nitrogen functional groups attached to an aromatic ring is 2. The Morgan fingerprint density at radius 3 is 1.86 bits per heavy atom. The van der Waals surface area contributed by atoms with Gasteiger partial charge in [0.2, 0.25) is 0 Å². The van der Waals surface area contributed by atoms with E-state index in [1.165, 1.54) is 37.3 Å². The Labute approximate surface area is 262 Å². The Morgan fingerprint density at radius 1 is 0.682 bits per heavy atom. The summed E-state index contributed by atoms with van der Waals surface area (Å²) in [6.45, 7) is 3.28. The minimum atomic E-state index is -0.397. The summed E-state index contributed by atoms with van der Waals surface area (Å²) in [6.07, 6.45) is 16.6. The Bertz CT molecular complexity index is 1280.